The molecule has 3 aliphatic carbocycles. The molecule has 4 aliphatic heterocycles. The maximum Gasteiger partial charge on any atom is 0.0974 e. The van der Waals surface area contributed by atoms with Crippen LogP contribution in [0.15, 0.2) is 46.5 Å². The molecule has 8 rings (SSSR count). The lowest BCUT2D eigenvalue weighted by Gasteiger charge is -2.56. The van der Waals surface area contributed by atoms with Crippen LogP contribution in [-0.4, -0.2) is 58.7 Å². The molecule has 36 heavy (non-hydrogen) atoms. The molecule has 7 aliphatic rings. The van der Waals surface area contributed by atoms with E-state index in [9.17, 15) is 5.11 Å². The Bertz CT molecular complexity index is 1220. The number of hydrogen-bond donors (Lipinski definition) is 1. The highest BCUT2D eigenvalue weighted by atomic mass is 16.5. The summed E-state index contributed by atoms with van der Waals surface area (Å²) in [6.45, 7) is 7.11. The molecule has 2 spiro atoms. The number of aliphatic hydroxyl groups is 1. The van der Waals surface area contributed by atoms with E-state index in [1.165, 1.54) is 54.4 Å². The largest absolute Gasteiger partial charge is 0.388 e. The van der Waals surface area contributed by atoms with E-state index in [2.05, 4.69) is 53.4 Å². The van der Waals surface area contributed by atoms with Gasteiger partial charge in [-0.05, 0) is 116 Å². The Morgan fingerprint density at radius 3 is 2.83 bits per heavy atom. The number of allylic oxidation sites excluding steroid dienone is 1. The minimum absolute atomic E-state index is 0.0691. The molecule has 4 heteroatoms. The van der Waals surface area contributed by atoms with Crippen LogP contribution in [0.3, 0.4) is 0 Å². The molecule has 4 fully saturated rings. The first kappa shape index (κ1) is 22.3. The summed E-state index contributed by atoms with van der Waals surface area (Å²) in [5.41, 5.74) is 6.97. The molecule has 4 nitrogen and oxygen atoms in total. The van der Waals surface area contributed by atoms with Gasteiger partial charge in [0.1, 0.15) is 0 Å². The molecule has 190 valence electrons. The maximum atomic E-state index is 10.3. The topological polar surface area (TPSA) is 45.1 Å². The number of benzene rings is 1. The van der Waals surface area contributed by atoms with Crippen LogP contribution in [0.1, 0.15) is 87.8 Å². The lowest BCUT2D eigenvalue weighted by Crippen LogP contribution is -2.65. The number of rotatable bonds is 2. The molecule has 1 N–H and O–H groups in total. The van der Waals surface area contributed by atoms with E-state index in [1.807, 2.05) is 6.92 Å². The second-order valence-corrected chi connectivity index (χ2v) is 13.7. The van der Waals surface area contributed by atoms with E-state index in [0.717, 1.165) is 45.3 Å². The fraction of sp³-hybridized carbons (Fsp3) is 0.656. The minimum atomic E-state index is -0.499. The Kier molecular flexibility index (Phi) is 4.46. The molecule has 2 saturated carbocycles. The van der Waals surface area contributed by atoms with E-state index < -0.39 is 5.60 Å². The van der Waals surface area contributed by atoms with Gasteiger partial charge in [0.2, 0.25) is 0 Å². The molecule has 2 saturated heterocycles. The van der Waals surface area contributed by atoms with Crippen molar-refractivity contribution in [3.8, 4) is 0 Å². The number of fused-ring (bicyclic) bond motifs is 2. The molecule has 2 unspecified atom stereocenters. The molecular weight excluding hydrogens is 444 g/mol. The number of aliphatic imine (C=N–C) groups is 1. The van der Waals surface area contributed by atoms with Crippen LogP contribution in [0.25, 0.3) is 0 Å². The van der Waals surface area contributed by atoms with Gasteiger partial charge < -0.3 is 9.84 Å². The maximum absolute atomic E-state index is 10.3. The third kappa shape index (κ3) is 2.90. The number of β-amino-alcohol motifs (C(OH)–C–C–N with tert-alkyl or cyclic N) is 1. The van der Waals surface area contributed by atoms with Crippen LogP contribution in [0.2, 0.25) is 0 Å². The average molecular weight is 485 g/mol. The number of hydrogen-bond acceptors (Lipinski definition) is 4. The SMILES string of the molecule is CC1(O)CN([C@@H]2CCC3=CC4=CCC5(C)C(c6ccc7c(c6)C=NCC7)CC[C@H]5[C@@]45CC[C@]3(C2)O5)C1. The lowest BCUT2D eigenvalue weighted by atomic mass is 9.58. The highest BCUT2D eigenvalue weighted by molar-refractivity contribution is 5.83. The quantitative estimate of drug-likeness (QED) is 0.616. The van der Waals surface area contributed by atoms with Crippen molar-refractivity contribution in [1.82, 2.24) is 4.90 Å². The summed E-state index contributed by atoms with van der Waals surface area (Å²) in [5, 5.41) is 10.3. The van der Waals surface area contributed by atoms with Crippen LogP contribution in [0, 0.1) is 11.3 Å². The summed E-state index contributed by atoms with van der Waals surface area (Å²) in [6, 6.07) is 7.81. The van der Waals surface area contributed by atoms with Crippen molar-refractivity contribution in [3.05, 3.63) is 58.2 Å². The van der Waals surface area contributed by atoms with E-state index in [4.69, 9.17) is 4.74 Å². The fourth-order valence-corrected chi connectivity index (χ4v) is 9.85. The Hall–Kier alpha value is -1.75. The van der Waals surface area contributed by atoms with Gasteiger partial charge in [-0.1, -0.05) is 31.2 Å². The van der Waals surface area contributed by atoms with Gasteiger partial charge in [0, 0.05) is 31.9 Å². The third-order valence-corrected chi connectivity index (χ3v) is 11.6. The van der Waals surface area contributed by atoms with Crippen LogP contribution in [-0.2, 0) is 11.2 Å². The van der Waals surface area contributed by atoms with Crippen molar-refractivity contribution in [2.45, 2.75) is 100 Å². The standard InChI is InChI=1S/C32H40N2O2/c1-29(35)19-34(20-29)26-6-5-24-16-25-9-11-30(2)27(22-4-3-21-10-14-33-18-23(21)15-22)7-8-28(30)32(25)13-12-31(24,17-26)36-32/h3-4,9,15-16,18,26-28,35H,5-8,10-14,17,19-20H2,1-2H3/t26-,27?,28-,30?,31-,32-/m1/s1. The predicted molar refractivity (Wildman–Crippen MR) is 143 cm³/mol. The van der Waals surface area contributed by atoms with Crippen LogP contribution in [0.4, 0.5) is 0 Å². The van der Waals surface area contributed by atoms with Gasteiger partial charge in [0.25, 0.3) is 0 Å². The van der Waals surface area contributed by atoms with Gasteiger partial charge in [-0.2, -0.15) is 0 Å². The number of likely N-dealkylation sites (tertiary alicyclic amines) is 1. The van der Waals surface area contributed by atoms with Gasteiger partial charge in [-0.15, -0.1) is 0 Å². The van der Waals surface area contributed by atoms with Crippen molar-refractivity contribution in [1.29, 1.82) is 0 Å². The third-order valence-electron chi connectivity index (χ3n) is 11.6. The highest BCUT2D eigenvalue weighted by Gasteiger charge is 2.67. The fourth-order valence-electron chi connectivity index (χ4n) is 9.85. The summed E-state index contributed by atoms with van der Waals surface area (Å²) in [5.74, 6) is 1.17. The first-order chi connectivity index (χ1) is 17.3. The molecule has 4 heterocycles. The first-order valence-corrected chi connectivity index (χ1v) is 14.5. The van der Waals surface area contributed by atoms with Gasteiger partial charge in [-0.3, -0.25) is 9.89 Å². The van der Waals surface area contributed by atoms with Crippen molar-refractivity contribution >= 4 is 6.21 Å². The van der Waals surface area contributed by atoms with Gasteiger partial charge in [0.05, 0.1) is 16.8 Å². The summed E-state index contributed by atoms with van der Waals surface area (Å²) in [6.07, 6.45) is 17.9. The minimum Gasteiger partial charge on any atom is -0.388 e. The molecule has 0 amide bonds. The van der Waals surface area contributed by atoms with Crippen molar-refractivity contribution < 1.29 is 9.84 Å². The van der Waals surface area contributed by atoms with E-state index >= 15 is 0 Å². The number of ether oxygens (including phenoxy) is 1. The van der Waals surface area contributed by atoms with E-state index in [0.29, 0.717) is 17.9 Å². The zero-order chi connectivity index (χ0) is 24.3. The Labute approximate surface area is 215 Å². The lowest BCUT2D eigenvalue weighted by molar-refractivity contribution is -0.157. The molecule has 2 bridgehead atoms. The Morgan fingerprint density at radius 2 is 1.97 bits per heavy atom. The molecule has 1 aromatic carbocycles. The molecule has 0 radical (unpaired) electrons. The van der Waals surface area contributed by atoms with E-state index in [1.54, 1.807) is 5.57 Å². The Morgan fingerprint density at radius 1 is 1.08 bits per heavy atom. The zero-order valence-electron chi connectivity index (χ0n) is 21.9. The monoisotopic (exact) mass is 484 g/mol. The van der Waals surface area contributed by atoms with Crippen LogP contribution >= 0.6 is 0 Å². The summed E-state index contributed by atoms with van der Waals surface area (Å²) >= 11 is 0. The van der Waals surface area contributed by atoms with Crippen molar-refractivity contribution in [3.63, 3.8) is 0 Å². The smallest absolute Gasteiger partial charge is 0.0974 e. The molecule has 6 atom stereocenters. The first-order valence-electron chi connectivity index (χ1n) is 14.5. The highest BCUT2D eigenvalue weighted by Crippen LogP contribution is 2.69. The number of nitrogens with zero attached hydrogens (tertiary/aromatic N) is 2. The molecule has 0 aromatic heterocycles. The second kappa shape index (κ2) is 7.21. The predicted octanol–water partition coefficient (Wildman–Crippen LogP) is 5.34. The Balaban J connectivity index is 1.12. The normalized spacial score (nSPS) is 44.0. The van der Waals surface area contributed by atoms with E-state index in [-0.39, 0.29) is 16.6 Å². The van der Waals surface area contributed by atoms with Gasteiger partial charge >= 0.3 is 0 Å². The van der Waals surface area contributed by atoms with Gasteiger partial charge in [-0.25, -0.2) is 0 Å². The molecule has 1 aromatic rings. The summed E-state index contributed by atoms with van der Waals surface area (Å²) in [4.78, 5) is 7.08. The van der Waals surface area contributed by atoms with Crippen molar-refractivity contribution in [2.24, 2.45) is 16.3 Å². The second-order valence-electron chi connectivity index (χ2n) is 13.7. The zero-order valence-corrected chi connectivity index (χ0v) is 21.9. The van der Waals surface area contributed by atoms with Crippen LogP contribution in [0.5, 0.6) is 0 Å². The molecular formula is C32H40N2O2. The average Bonchev–Trinajstić information content (AvgIpc) is 3.37. The van der Waals surface area contributed by atoms with Crippen molar-refractivity contribution in [2.75, 3.05) is 19.6 Å². The van der Waals surface area contributed by atoms with Gasteiger partial charge in [0.15, 0.2) is 0 Å². The summed E-state index contributed by atoms with van der Waals surface area (Å²) < 4.78 is 7.49. The summed E-state index contributed by atoms with van der Waals surface area (Å²) in [7, 11) is 0. The van der Waals surface area contributed by atoms with Crippen LogP contribution < -0.4 is 0 Å².